The zero-order valence-corrected chi connectivity index (χ0v) is 8.71. The summed E-state index contributed by atoms with van der Waals surface area (Å²) in [7, 11) is 0. The summed E-state index contributed by atoms with van der Waals surface area (Å²) in [5, 5.41) is 0. The van der Waals surface area contributed by atoms with Crippen LogP contribution in [0.3, 0.4) is 0 Å². The Bertz CT molecular complexity index is 405. The van der Waals surface area contributed by atoms with E-state index in [1.165, 1.54) is 6.39 Å². The number of aryl methyl sites for hydroxylation is 1. The Hall–Kier alpha value is -1.09. The van der Waals surface area contributed by atoms with Crippen LogP contribution in [0.4, 0.5) is 0 Å². The highest BCUT2D eigenvalue weighted by Crippen LogP contribution is 2.23. The van der Waals surface area contributed by atoms with Gasteiger partial charge in [0, 0.05) is 10.0 Å². The third-order valence-corrected chi connectivity index (χ3v) is 2.38. The van der Waals surface area contributed by atoms with E-state index in [0.29, 0.717) is 0 Å². The zero-order chi connectivity index (χ0) is 9.26. The first kappa shape index (κ1) is 8.51. The molecule has 2 aromatic rings. The fourth-order valence-corrected chi connectivity index (χ4v) is 1.44. The molecule has 0 amide bonds. The molecule has 0 bridgehead atoms. The summed E-state index contributed by atoms with van der Waals surface area (Å²) in [5.74, 6) is 0.840. The van der Waals surface area contributed by atoms with Gasteiger partial charge in [-0.3, -0.25) is 0 Å². The summed E-state index contributed by atoms with van der Waals surface area (Å²) >= 11 is 3.38. The summed E-state index contributed by atoms with van der Waals surface area (Å²) < 4.78 is 6.33. The summed E-state index contributed by atoms with van der Waals surface area (Å²) in [6.07, 6.45) is 1.46. The van der Waals surface area contributed by atoms with Crippen LogP contribution in [0, 0.1) is 6.92 Å². The number of hydrogen-bond donors (Lipinski definition) is 0. The predicted molar refractivity (Wildman–Crippen MR) is 54.4 cm³/mol. The monoisotopic (exact) mass is 237 g/mol. The van der Waals surface area contributed by atoms with Crippen molar-refractivity contribution in [2.75, 3.05) is 0 Å². The Morgan fingerprint density at radius 3 is 2.46 bits per heavy atom. The second-order valence-corrected chi connectivity index (χ2v) is 3.69. The maximum Gasteiger partial charge on any atom is 0.181 e. The number of hydrogen-bond acceptors (Lipinski definition) is 2. The van der Waals surface area contributed by atoms with Crippen LogP contribution in [-0.4, -0.2) is 4.98 Å². The largest absolute Gasteiger partial charge is 0.443 e. The van der Waals surface area contributed by atoms with E-state index in [1.54, 1.807) is 0 Å². The van der Waals surface area contributed by atoms with E-state index in [2.05, 4.69) is 20.9 Å². The quantitative estimate of drug-likeness (QED) is 0.760. The Morgan fingerprint density at radius 2 is 1.92 bits per heavy atom. The van der Waals surface area contributed by atoms with E-state index in [-0.39, 0.29) is 0 Å². The van der Waals surface area contributed by atoms with Gasteiger partial charge in [0.15, 0.2) is 12.2 Å². The molecule has 0 saturated heterocycles. The van der Waals surface area contributed by atoms with Crippen LogP contribution in [0.2, 0.25) is 0 Å². The van der Waals surface area contributed by atoms with E-state index in [9.17, 15) is 0 Å². The number of nitrogens with zero attached hydrogens (tertiary/aromatic N) is 1. The van der Waals surface area contributed by atoms with Crippen molar-refractivity contribution in [3.8, 4) is 11.3 Å². The molecule has 3 heteroatoms. The number of rotatable bonds is 1. The van der Waals surface area contributed by atoms with Gasteiger partial charge in [0.05, 0.1) is 5.69 Å². The van der Waals surface area contributed by atoms with Gasteiger partial charge < -0.3 is 4.42 Å². The lowest BCUT2D eigenvalue weighted by Crippen LogP contribution is -1.77. The molecule has 13 heavy (non-hydrogen) atoms. The normalized spacial score (nSPS) is 10.3. The van der Waals surface area contributed by atoms with Crippen LogP contribution in [0.5, 0.6) is 0 Å². The molecule has 1 aromatic carbocycles. The summed E-state index contributed by atoms with van der Waals surface area (Å²) in [6.45, 7) is 1.93. The average molecular weight is 238 g/mol. The van der Waals surface area contributed by atoms with Crippen molar-refractivity contribution < 1.29 is 4.42 Å². The second-order valence-electron chi connectivity index (χ2n) is 2.77. The smallest absolute Gasteiger partial charge is 0.181 e. The van der Waals surface area contributed by atoms with Crippen LogP contribution in [0.15, 0.2) is 39.5 Å². The molecule has 66 valence electrons. The van der Waals surface area contributed by atoms with E-state index >= 15 is 0 Å². The first-order valence-electron chi connectivity index (χ1n) is 3.93. The molecule has 0 unspecified atom stereocenters. The Labute approximate surface area is 84.7 Å². The minimum absolute atomic E-state index is 0.840. The number of halogens is 1. The van der Waals surface area contributed by atoms with Crippen LogP contribution >= 0.6 is 15.9 Å². The molecule has 0 aliphatic rings. The fraction of sp³-hybridized carbons (Fsp3) is 0.100. The molecule has 0 spiro atoms. The molecule has 0 aliphatic heterocycles. The van der Waals surface area contributed by atoms with Crippen molar-refractivity contribution in [1.82, 2.24) is 4.98 Å². The first-order chi connectivity index (χ1) is 6.27. The van der Waals surface area contributed by atoms with Crippen LogP contribution in [-0.2, 0) is 0 Å². The van der Waals surface area contributed by atoms with Crippen molar-refractivity contribution in [2.24, 2.45) is 0 Å². The topological polar surface area (TPSA) is 26.0 Å². The molecule has 0 aliphatic carbocycles. The molecule has 2 nitrogen and oxygen atoms in total. The van der Waals surface area contributed by atoms with Gasteiger partial charge in [0.2, 0.25) is 0 Å². The van der Waals surface area contributed by atoms with Gasteiger partial charge in [0.1, 0.15) is 0 Å². The number of oxazole rings is 1. The fourth-order valence-electron chi connectivity index (χ4n) is 1.18. The van der Waals surface area contributed by atoms with Gasteiger partial charge >= 0.3 is 0 Å². The first-order valence-corrected chi connectivity index (χ1v) is 4.72. The molecule has 0 radical (unpaired) electrons. The molecule has 0 atom stereocenters. The third-order valence-electron chi connectivity index (χ3n) is 1.85. The number of aromatic nitrogens is 1. The lowest BCUT2D eigenvalue weighted by molar-refractivity contribution is 0.571. The van der Waals surface area contributed by atoms with E-state index in [0.717, 1.165) is 21.5 Å². The van der Waals surface area contributed by atoms with Crippen molar-refractivity contribution in [1.29, 1.82) is 0 Å². The molecule has 0 saturated carbocycles. The van der Waals surface area contributed by atoms with Gasteiger partial charge in [-0.15, -0.1) is 0 Å². The van der Waals surface area contributed by atoms with Gasteiger partial charge in [0.25, 0.3) is 0 Å². The van der Waals surface area contributed by atoms with Crippen molar-refractivity contribution in [3.05, 3.63) is 40.8 Å². The molecule has 1 heterocycles. The van der Waals surface area contributed by atoms with Crippen molar-refractivity contribution >= 4 is 15.9 Å². The third kappa shape index (κ3) is 1.65. The van der Waals surface area contributed by atoms with Crippen molar-refractivity contribution in [2.45, 2.75) is 6.92 Å². The average Bonchev–Trinajstić information content (AvgIpc) is 2.53. The summed E-state index contributed by atoms with van der Waals surface area (Å²) in [4.78, 5) is 4.04. The zero-order valence-electron chi connectivity index (χ0n) is 7.12. The summed E-state index contributed by atoms with van der Waals surface area (Å²) in [5.41, 5.74) is 1.97. The maximum absolute atomic E-state index is 5.26. The minimum atomic E-state index is 0.840. The van der Waals surface area contributed by atoms with Gasteiger partial charge in [-0.05, 0) is 19.1 Å². The molecule has 0 fully saturated rings. The van der Waals surface area contributed by atoms with Gasteiger partial charge in [-0.25, -0.2) is 4.98 Å². The minimum Gasteiger partial charge on any atom is -0.443 e. The molecular weight excluding hydrogens is 230 g/mol. The number of benzene rings is 1. The van der Waals surface area contributed by atoms with Gasteiger partial charge in [-0.1, -0.05) is 28.1 Å². The predicted octanol–water partition coefficient (Wildman–Crippen LogP) is 3.41. The highest BCUT2D eigenvalue weighted by atomic mass is 79.9. The molecular formula is C10H8BrNO. The van der Waals surface area contributed by atoms with Crippen LogP contribution in [0.1, 0.15) is 5.69 Å². The Kier molecular flexibility index (Phi) is 2.19. The van der Waals surface area contributed by atoms with Crippen molar-refractivity contribution in [3.63, 3.8) is 0 Å². The highest BCUT2D eigenvalue weighted by molar-refractivity contribution is 9.10. The van der Waals surface area contributed by atoms with Crippen LogP contribution < -0.4 is 0 Å². The molecule has 0 N–H and O–H groups in total. The molecule has 2 rings (SSSR count). The van der Waals surface area contributed by atoms with E-state index < -0.39 is 0 Å². The standard InChI is InChI=1S/C10H8BrNO/c1-7-10(13-6-12-7)8-2-4-9(11)5-3-8/h2-6H,1H3. The summed E-state index contributed by atoms with van der Waals surface area (Å²) in [6, 6.07) is 7.96. The van der Waals surface area contributed by atoms with Crippen LogP contribution in [0.25, 0.3) is 11.3 Å². The Balaban J connectivity index is 2.47. The Morgan fingerprint density at radius 1 is 1.23 bits per heavy atom. The maximum atomic E-state index is 5.26. The van der Waals surface area contributed by atoms with E-state index in [4.69, 9.17) is 4.42 Å². The van der Waals surface area contributed by atoms with Gasteiger partial charge in [-0.2, -0.15) is 0 Å². The SMILES string of the molecule is Cc1ncoc1-c1ccc(Br)cc1. The molecule has 1 aromatic heterocycles. The van der Waals surface area contributed by atoms with E-state index in [1.807, 2.05) is 31.2 Å². The lowest BCUT2D eigenvalue weighted by Gasteiger charge is -1.96. The lowest BCUT2D eigenvalue weighted by atomic mass is 10.1. The second kappa shape index (κ2) is 3.34. The highest BCUT2D eigenvalue weighted by Gasteiger charge is 2.05.